The molecule has 1 aromatic carbocycles. The molecule has 0 bridgehead atoms. The minimum atomic E-state index is -4.65. The van der Waals surface area contributed by atoms with Crippen LogP contribution in [-0.4, -0.2) is 115 Å². The number of halogens is 3. The number of aromatic nitrogens is 2. The van der Waals surface area contributed by atoms with Crippen molar-refractivity contribution in [3.8, 4) is 0 Å². The van der Waals surface area contributed by atoms with E-state index in [1.54, 1.807) is 24.3 Å². The van der Waals surface area contributed by atoms with Crippen LogP contribution >= 0.6 is 0 Å². The summed E-state index contributed by atoms with van der Waals surface area (Å²) >= 11 is 0. The molecule has 2 atom stereocenters. The first-order valence-electron chi connectivity index (χ1n) is 16.2. The molecule has 252 valence electrons. The quantitative estimate of drug-likeness (QED) is 0.337. The zero-order chi connectivity index (χ0) is 32.7. The van der Waals surface area contributed by atoms with Gasteiger partial charge in [-0.05, 0) is 56.9 Å². The molecule has 0 spiro atoms. The Morgan fingerprint density at radius 3 is 2.30 bits per heavy atom. The Morgan fingerprint density at radius 2 is 1.65 bits per heavy atom. The highest BCUT2D eigenvalue weighted by Crippen LogP contribution is 2.36. The smallest absolute Gasteiger partial charge is 0.379 e. The number of nitrogens with one attached hydrogen (secondary N) is 3. The lowest BCUT2D eigenvalue weighted by Gasteiger charge is -2.36. The maximum absolute atomic E-state index is 13.8. The van der Waals surface area contributed by atoms with Gasteiger partial charge in [0.1, 0.15) is 11.4 Å². The Hall–Kier alpha value is -3.49. The van der Waals surface area contributed by atoms with Gasteiger partial charge in [0.25, 0.3) is 5.91 Å². The van der Waals surface area contributed by atoms with Gasteiger partial charge in [-0.25, -0.2) is 4.98 Å². The van der Waals surface area contributed by atoms with Crippen molar-refractivity contribution in [3.63, 3.8) is 0 Å². The van der Waals surface area contributed by atoms with E-state index >= 15 is 0 Å². The molecule has 2 amide bonds. The first-order chi connectivity index (χ1) is 22.1. The van der Waals surface area contributed by atoms with Gasteiger partial charge in [0, 0.05) is 88.3 Å². The molecule has 2 aromatic rings. The number of alkyl halides is 3. The predicted molar refractivity (Wildman–Crippen MR) is 169 cm³/mol. The molecule has 3 heterocycles. The molecule has 1 saturated carbocycles. The molecule has 1 aliphatic carbocycles. The van der Waals surface area contributed by atoms with E-state index in [-0.39, 0.29) is 48.0 Å². The predicted octanol–water partition coefficient (Wildman–Crippen LogP) is 3.68. The van der Waals surface area contributed by atoms with Crippen LogP contribution in [0.1, 0.15) is 49.0 Å². The molecule has 2 saturated heterocycles. The summed E-state index contributed by atoms with van der Waals surface area (Å²) in [5.74, 6) is -0.824. The highest BCUT2D eigenvalue weighted by Gasteiger charge is 2.37. The lowest BCUT2D eigenvalue weighted by Crippen LogP contribution is -2.51. The highest BCUT2D eigenvalue weighted by molar-refractivity contribution is 5.94. The number of hydrogen-bond acceptors (Lipinski definition) is 9. The Balaban J connectivity index is 1.16. The Morgan fingerprint density at radius 1 is 0.978 bits per heavy atom. The number of benzene rings is 1. The van der Waals surface area contributed by atoms with Crippen molar-refractivity contribution < 1.29 is 27.5 Å². The number of piperazine rings is 1. The van der Waals surface area contributed by atoms with Gasteiger partial charge < -0.3 is 25.6 Å². The minimum Gasteiger partial charge on any atom is -0.379 e. The van der Waals surface area contributed by atoms with Crippen LogP contribution in [0.4, 0.5) is 30.6 Å². The maximum atomic E-state index is 13.8. The Labute approximate surface area is 268 Å². The van der Waals surface area contributed by atoms with Crippen molar-refractivity contribution in [1.29, 1.82) is 0 Å². The molecule has 3 aliphatic rings. The molecular weight excluding hydrogens is 601 g/mol. The minimum absolute atomic E-state index is 0.00663. The van der Waals surface area contributed by atoms with Crippen molar-refractivity contribution in [3.05, 3.63) is 41.6 Å². The van der Waals surface area contributed by atoms with Crippen molar-refractivity contribution in [2.24, 2.45) is 11.8 Å². The van der Waals surface area contributed by atoms with E-state index in [2.05, 4.69) is 35.7 Å². The Kier molecular flexibility index (Phi) is 11.3. The van der Waals surface area contributed by atoms with E-state index in [0.29, 0.717) is 30.8 Å². The van der Waals surface area contributed by atoms with Gasteiger partial charge in [0.15, 0.2) is 0 Å². The van der Waals surface area contributed by atoms with E-state index in [9.17, 15) is 22.8 Å². The van der Waals surface area contributed by atoms with Gasteiger partial charge >= 0.3 is 6.18 Å². The number of carbonyl (C=O) groups is 2. The monoisotopic (exact) mass is 646 g/mol. The molecule has 2 aliphatic heterocycles. The SMILES string of the molecule is CC(C)NC(=O)[C@H]1CCCC1CNc1nc(Nc2ccc(C(=O)N3CCN(CCN4CCOCC4)CC3)cc2)ncc1C(F)(F)F. The first-order valence-corrected chi connectivity index (χ1v) is 16.2. The third kappa shape index (κ3) is 9.07. The lowest BCUT2D eigenvalue weighted by molar-refractivity contribution is -0.137. The summed E-state index contributed by atoms with van der Waals surface area (Å²) < 4.78 is 46.9. The summed E-state index contributed by atoms with van der Waals surface area (Å²) in [5, 5.41) is 8.74. The van der Waals surface area contributed by atoms with Crippen molar-refractivity contribution in [2.45, 2.75) is 45.3 Å². The Bertz CT molecular complexity index is 1310. The zero-order valence-corrected chi connectivity index (χ0v) is 26.6. The van der Waals surface area contributed by atoms with Crippen LogP contribution in [-0.2, 0) is 15.7 Å². The van der Waals surface area contributed by atoms with Gasteiger partial charge in [0.2, 0.25) is 11.9 Å². The number of anilines is 3. The van der Waals surface area contributed by atoms with E-state index < -0.39 is 11.7 Å². The molecule has 46 heavy (non-hydrogen) atoms. The number of hydrogen-bond donors (Lipinski definition) is 3. The fourth-order valence-electron chi connectivity index (χ4n) is 6.32. The topological polar surface area (TPSA) is 115 Å². The van der Waals surface area contributed by atoms with Gasteiger partial charge in [-0.15, -0.1) is 0 Å². The molecule has 3 fully saturated rings. The molecule has 14 heteroatoms. The molecule has 11 nitrogen and oxygen atoms in total. The molecule has 5 rings (SSSR count). The van der Waals surface area contributed by atoms with Crippen LogP contribution in [0, 0.1) is 11.8 Å². The summed E-state index contributed by atoms with van der Waals surface area (Å²) in [6, 6.07) is 6.77. The number of rotatable bonds is 11. The van der Waals surface area contributed by atoms with Crippen LogP contribution in [0.15, 0.2) is 30.5 Å². The first kappa shape index (κ1) is 33.9. The van der Waals surface area contributed by atoms with Crippen LogP contribution in [0.5, 0.6) is 0 Å². The van der Waals surface area contributed by atoms with Gasteiger partial charge in [-0.3, -0.25) is 19.4 Å². The standard InChI is InChI=1S/C32H45F3N8O3/c1-22(2)38-29(44)26-5-3-4-24(26)20-36-28-27(32(33,34)35)21-37-31(40-28)39-25-8-6-23(7-9-25)30(45)43-14-12-41(13-15-43)10-11-42-16-18-46-19-17-42/h6-9,21-22,24,26H,3-5,10-20H2,1-2H3,(H,38,44)(H2,36,37,39,40)/t24?,26-/m0/s1. The van der Waals surface area contributed by atoms with Crippen LogP contribution < -0.4 is 16.0 Å². The second kappa shape index (κ2) is 15.4. The average Bonchev–Trinajstić information content (AvgIpc) is 3.52. The summed E-state index contributed by atoms with van der Waals surface area (Å²) in [5.41, 5.74) is 0.105. The summed E-state index contributed by atoms with van der Waals surface area (Å²) in [6.45, 7) is 12.4. The molecule has 1 aromatic heterocycles. The van der Waals surface area contributed by atoms with E-state index in [0.717, 1.165) is 71.5 Å². The van der Waals surface area contributed by atoms with Crippen molar-refractivity contribution in [2.75, 3.05) is 82.8 Å². The normalized spacial score (nSPS) is 21.4. The van der Waals surface area contributed by atoms with Gasteiger partial charge in [-0.1, -0.05) is 6.42 Å². The van der Waals surface area contributed by atoms with Crippen molar-refractivity contribution in [1.82, 2.24) is 30.0 Å². The van der Waals surface area contributed by atoms with Gasteiger partial charge in [-0.2, -0.15) is 18.2 Å². The third-order valence-electron chi connectivity index (χ3n) is 8.94. The maximum Gasteiger partial charge on any atom is 0.421 e. The number of nitrogens with zero attached hydrogens (tertiary/aromatic N) is 5. The number of morpholine rings is 1. The second-order valence-electron chi connectivity index (χ2n) is 12.6. The van der Waals surface area contributed by atoms with Crippen molar-refractivity contribution >= 4 is 29.3 Å². The van der Waals surface area contributed by atoms with E-state index in [1.165, 1.54) is 0 Å². The fourth-order valence-corrected chi connectivity index (χ4v) is 6.32. The van der Waals surface area contributed by atoms with Crippen LogP contribution in [0.3, 0.4) is 0 Å². The summed E-state index contributed by atoms with van der Waals surface area (Å²) in [6.07, 6.45) is -1.60. The average molecular weight is 647 g/mol. The number of amides is 2. The van der Waals surface area contributed by atoms with Crippen LogP contribution in [0.25, 0.3) is 0 Å². The number of carbonyl (C=O) groups excluding carboxylic acids is 2. The molecule has 0 radical (unpaired) electrons. The highest BCUT2D eigenvalue weighted by atomic mass is 19.4. The zero-order valence-electron chi connectivity index (χ0n) is 26.6. The van der Waals surface area contributed by atoms with Gasteiger partial charge in [0.05, 0.1) is 13.2 Å². The van der Waals surface area contributed by atoms with E-state index in [4.69, 9.17) is 4.74 Å². The lowest BCUT2D eigenvalue weighted by atomic mass is 9.94. The summed E-state index contributed by atoms with van der Waals surface area (Å²) in [4.78, 5) is 40.5. The fraction of sp³-hybridized carbons (Fsp3) is 0.625. The van der Waals surface area contributed by atoms with Crippen LogP contribution in [0.2, 0.25) is 0 Å². The molecule has 3 N–H and O–H groups in total. The van der Waals surface area contributed by atoms with E-state index in [1.807, 2.05) is 18.7 Å². The molecular formula is C32H45F3N8O3. The largest absolute Gasteiger partial charge is 0.421 e. The third-order valence-corrected chi connectivity index (χ3v) is 8.94. The summed E-state index contributed by atoms with van der Waals surface area (Å²) in [7, 11) is 0. The second-order valence-corrected chi connectivity index (χ2v) is 12.6. The number of ether oxygens (including phenoxy) is 1. The molecule has 1 unspecified atom stereocenters.